The van der Waals surface area contributed by atoms with Gasteiger partial charge in [0.2, 0.25) is 0 Å². The maximum Gasteiger partial charge on any atom is 0.251 e. The molecule has 0 aliphatic heterocycles. The third kappa shape index (κ3) is 6.36. The van der Waals surface area contributed by atoms with Crippen LogP contribution < -0.4 is 11.1 Å². The number of carbonyl (C=O) groups excluding carboxylic acids is 2. The van der Waals surface area contributed by atoms with Crippen LogP contribution in [-0.4, -0.2) is 27.8 Å². The normalized spacial score (nSPS) is 12.8. The minimum absolute atomic E-state index is 0.0310. The Bertz CT molecular complexity index is 1800. The highest BCUT2D eigenvalue weighted by Gasteiger charge is 2.23. The zero-order chi connectivity index (χ0) is 30.7. The Morgan fingerprint density at radius 1 is 0.953 bits per heavy atom. The molecule has 0 aliphatic rings. The van der Waals surface area contributed by atoms with Gasteiger partial charge in [-0.1, -0.05) is 37.3 Å². The second-order valence-corrected chi connectivity index (χ2v) is 10.5. The summed E-state index contributed by atoms with van der Waals surface area (Å²) in [6.45, 7) is 4.02. The summed E-state index contributed by atoms with van der Waals surface area (Å²) >= 11 is 0. The number of Topliss-reactive ketones (excluding diaryl/α,β-unsaturated/α-hetero) is 1. The number of ketones is 1. The number of amides is 1. The molecule has 0 spiro atoms. The quantitative estimate of drug-likeness (QED) is 0.165. The largest absolute Gasteiger partial charge is 0.366 e. The molecule has 0 bridgehead atoms. The third-order valence-corrected chi connectivity index (χ3v) is 7.66. The Balaban J connectivity index is 1.55. The van der Waals surface area contributed by atoms with Gasteiger partial charge in [0.1, 0.15) is 17.5 Å². The van der Waals surface area contributed by atoms with Crippen LogP contribution in [0, 0.1) is 17.5 Å². The fourth-order valence-corrected chi connectivity index (χ4v) is 5.56. The van der Waals surface area contributed by atoms with Gasteiger partial charge < -0.3 is 15.6 Å². The lowest BCUT2D eigenvalue weighted by atomic mass is 9.94. The lowest BCUT2D eigenvalue weighted by Crippen LogP contribution is -2.31. The molecule has 43 heavy (non-hydrogen) atoms. The van der Waals surface area contributed by atoms with E-state index in [2.05, 4.69) is 14.9 Å². The number of nitrogens with two attached hydrogens (primary N) is 1. The fourth-order valence-electron chi connectivity index (χ4n) is 5.56. The van der Waals surface area contributed by atoms with E-state index >= 15 is 0 Å². The number of nitrogens with one attached hydrogen (secondary N) is 1. The number of benzene rings is 3. The van der Waals surface area contributed by atoms with Gasteiger partial charge in [-0.3, -0.25) is 14.6 Å². The van der Waals surface area contributed by atoms with E-state index in [-0.39, 0.29) is 23.8 Å². The van der Waals surface area contributed by atoms with Crippen molar-refractivity contribution in [2.45, 2.75) is 38.8 Å². The van der Waals surface area contributed by atoms with Crippen LogP contribution in [0.25, 0.3) is 22.0 Å². The molecule has 2 atom stereocenters. The van der Waals surface area contributed by atoms with Crippen molar-refractivity contribution < 1.29 is 22.8 Å². The predicted molar refractivity (Wildman–Crippen MR) is 160 cm³/mol. The number of carbonyl (C=O) groups is 2. The van der Waals surface area contributed by atoms with Crippen LogP contribution in [0.3, 0.4) is 0 Å². The van der Waals surface area contributed by atoms with Crippen LogP contribution in [0.5, 0.6) is 0 Å². The molecule has 0 saturated carbocycles. The Hall–Kier alpha value is -4.76. The first-order chi connectivity index (χ1) is 20.7. The summed E-state index contributed by atoms with van der Waals surface area (Å²) in [7, 11) is 0. The maximum atomic E-state index is 14.3. The minimum atomic E-state index is -0.899. The molecule has 220 valence electrons. The second-order valence-electron chi connectivity index (χ2n) is 10.5. The van der Waals surface area contributed by atoms with Gasteiger partial charge in [0, 0.05) is 53.1 Å². The number of hydrogen-bond acceptors (Lipinski definition) is 4. The number of halogens is 3. The summed E-state index contributed by atoms with van der Waals surface area (Å²) in [4.78, 5) is 28.9. The molecule has 9 heteroatoms. The van der Waals surface area contributed by atoms with Crippen molar-refractivity contribution in [2.75, 3.05) is 6.54 Å². The maximum absolute atomic E-state index is 14.3. The molecule has 0 aliphatic carbocycles. The summed E-state index contributed by atoms with van der Waals surface area (Å²) in [6.07, 6.45) is 4.38. The standard InChI is InChI=1S/C34H31F3N4O2/c1-3-25(41-19-29(20(2)42)27-7-4-5-9-32(27)41)18-40-31(15-21-13-23(35)17-24(36)14-21)33-26(8-6-12-39-33)22-10-11-30(37)28(16-22)34(38)43/h4-14,16-17,19,25,31,40H,3,15,18H2,1-2H3,(H2,38,43)/t25?,31-/m0/s1. The van der Waals surface area contributed by atoms with E-state index in [1.807, 2.05) is 37.4 Å². The fraction of sp³-hybridized carbons (Fsp3) is 0.206. The van der Waals surface area contributed by atoms with E-state index in [1.54, 1.807) is 25.3 Å². The SMILES string of the molecule is CCC(CN[C@@H](Cc1cc(F)cc(F)c1)c1ncccc1-c1ccc(F)c(C(N)=O)c1)n1cc(C(C)=O)c2ccccc21. The van der Waals surface area contributed by atoms with Crippen molar-refractivity contribution in [2.24, 2.45) is 5.73 Å². The molecule has 5 rings (SSSR count). The number of para-hydroxylation sites is 1. The number of primary amides is 1. The molecule has 2 heterocycles. The lowest BCUT2D eigenvalue weighted by Gasteiger charge is -2.26. The highest BCUT2D eigenvalue weighted by atomic mass is 19.1. The van der Waals surface area contributed by atoms with E-state index < -0.39 is 29.4 Å². The van der Waals surface area contributed by atoms with Crippen LogP contribution in [0.15, 0.2) is 85.2 Å². The Morgan fingerprint density at radius 3 is 2.40 bits per heavy atom. The minimum Gasteiger partial charge on any atom is -0.366 e. The van der Waals surface area contributed by atoms with E-state index in [0.29, 0.717) is 34.5 Å². The van der Waals surface area contributed by atoms with Crippen LogP contribution >= 0.6 is 0 Å². The van der Waals surface area contributed by atoms with Gasteiger partial charge in [-0.15, -0.1) is 0 Å². The first-order valence-electron chi connectivity index (χ1n) is 14.0. The first-order valence-corrected chi connectivity index (χ1v) is 14.0. The molecule has 0 fully saturated rings. The summed E-state index contributed by atoms with van der Waals surface area (Å²) < 4.78 is 44.8. The zero-order valence-corrected chi connectivity index (χ0v) is 23.8. The molecular weight excluding hydrogens is 553 g/mol. The predicted octanol–water partition coefficient (Wildman–Crippen LogP) is 6.95. The molecule has 1 amide bonds. The number of rotatable bonds is 11. The zero-order valence-electron chi connectivity index (χ0n) is 23.8. The number of nitrogens with zero attached hydrogens (tertiary/aromatic N) is 2. The summed E-state index contributed by atoms with van der Waals surface area (Å²) in [5.41, 5.74) is 8.80. The molecule has 3 aromatic carbocycles. The molecule has 0 saturated heterocycles. The van der Waals surface area contributed by atoms with Crippen molar-refractivity contribution in [3.05, 3.63) is 125 Å². The van der Waals surface area contributed by atoms with Crippen molar-refractivity contribution in [1.29, 1.82) is 0 Å². The number of hydrogen-bond donors (Lipinski definition) is 2. The number of aromatic nitrogens is 2. The van der Waals surface area contributed by atoms with Crippen molar-refractivity contribution in [3.63, 3.8) is 0 Å². The number of pyridine rings is 1. The molecule has 1 unspecified atom stereocenters. The summed E-state index contributed by atoms with van der Waals surface area (Å²) in [6, 6.07) is 18.1. The van der Waals surface area contributed by atoms with E-state index in [0.717, 1.165) is 23.4 Å². The third-order valence-electron chi connectivity index (χ3n) is 7.66. The smallest absolute Gasteiger partial charge is 0.251 e. The molecule has 0 radical (unpaired) electrons. The van der Waals surface area contributed by atoms with E-state index in [1.165, 1.54) is 30.3 Å². The van der Waals surface area contributed by atoms with Gasteiger partial charge in [0.25, 0.3) is 5.91 Å². The molecule has 5 aromatic rings. The van der Waals surface area contributed by atoms with Crippen LogP contribution in [0.4, 0.5) is 13.2 Å². The first kappa shape index (κ1) is 29.7. The van der Waals surface area contributed by atoms with Crippen molar-refractivity contribution in [3.8, 4) is 11.1 Å². The summed E-state index contributed by atoms with van der Waals surface area (Å²) in [5.74, 6) is -3.05. The van der Waals surface area contributed by atoms with Crippen molar-refractivity contribution in [1.82, 2.24) is 14.9 Å². The Kier molecular flexibility index (Phi) is 8.73. The highest BCUT2D eigenvalue weighted by Crippen LogP contribution is 2.32. The van der Waals surface area contributed by atoms with Crippen LogP contribution in [0.2, 0.25) is 0 Å². The van der Waals surface area contributed by atoms with Gasteiger partial charge in [0.15, 0.2) is 5.78 Å². The topological polar surface area (TPSA) is 90.0 Å². The summed E-state index contributed by atoms with van der Waals surface area (Å²) in [5, 5.41) is 4.43. The van der Waals surface area contributed by atoms with Crippen LogP contribution in [0.1, 0.15) is 64.3 Å². The van der Waals surface area contributed by atoms with Gasteiger partial charge in [0.05, 0.1) is 17.3 Å². The molecular formula is C34H31F3N4O2. The average Bonchev–Trinajstić information content (AvgIpc) is 3.36. The molecule has 2 aromatic heterocycles. The van der Waals surface area contributed by atoms with Gasteiger partial charge in [-0.05, 0) is 67.3 Å². The van der Waals surface area contributed by atoms with E-state index in [4.69, 9.17) is 5.73 Å². The van der Waals surface area contributed by atoms with Crippen molar-refractivity contribution >= 4 is 22.6 Å². The van der Waals surface area contributed by atoms with Gasteiger partial charge in [-0.2, -0.15) is 0 Å². The average molecular weight is 585 g/mol. The highest BCUT2D eigenvalue weighted by molar-refractivity contribution is 6.07. The number of fused-ring (bicyclic) bond motifs is 1. The second kappa shape index (κ2) is 12.6. The van der Waals surface area contributed by atoms with Gasteiger partial charge in [-0.25, -0.2) is 13.2 Å². The molecule has 6 nitrogen and oxygen atoms in total. The Morgan fingerprint density at radius 2 is 1.70 bits per heavy atom. The monoisotopic (exact) mass is 584 g/mol. The molecule has 3 N–H and O–H groups in total. The van der Waals surface area contributed by atoms with Crippen LogP contribution in [-0.2, 0) is 6.42 Å². The van der Waals surface area contributed by atoms with Gasteiger partial charge >= 0.3 is 0 Å². The Labute approximate surface area is 247 Å². The van der Waals surface area contributed by atoms with E-state index in [9.17, 15) is 22.8 Å². The lowest BCUT2D eigenvalue weighted by molar-refractivity contribution is 0.0993.